The van der Waals surface area contributed by atoms with Crippen molar-refractivity contribution >= 4 is 38.9 Å². The van der Waals surface area contributed by atoms with Crippen LogP contribution < -0.4 is 19.8 Å². The van der Waals surface area contributed by atoms with Crippen LogP contribution in [0.2, 0.25) is 0 Å². The van der Waals surface area contributed by atoms with Crippen LogP contribution in [0, 0.1) is 5.82 Å². The lowest BCUT2D eigenvalue weighted by molar-refractivity contribution is -0.136. The maximum atomic E-state index is 13.1. The molecule has 35 heavy (non-hydrogen) atoms. The lowest BCUT2D eigenvalue weighted by Gasteiger charge is -2.36. The fraction of sp³-hybridized carbons (Fsp3) is 0.417. The van der Waals surface area contributed by atoms with Crippen molar-refractivity contribution < 1.29 is 22.4 Å². The fourth-order valence-corrected chi connectivity index (χ4v) is 5.43. The Bertz CT molecular complexity index is 1180. The summed E-state index contributed by atoms with van der Waals surface area (Å²) in [5.74, 6) is -1.80. The zero-order valence-electron chi connectivity index (χ0n) is 19.7. The Balaban J connectivity index is 1.23. The number of fused-ring (bicyclic) bond motifs is 1. The Morgan fingerprint density at radius 1 is 0.971 bits per heavy atom. The molecule has 11 heteroatoms. The van der Waals surface area contributed by atoms with E-state index >= 15 is 0 Å². The third-order valence-electron chi connectivity index (χ3n) is 6.30. The van der Waals surface area contributed by atoms with E-state index in [4.69, 9.17) is 0 Å². The maximum absolute atomic E-state index is 13.1. The minimum absolute atomic E-state index is 0.255. The SMILES string of the molecule is CS(=O)(=O)N1CCCc2ccc(NC(=O)C(=O)NCCN3CCN(c4ccc(F)cc4)CC3)cc21. The number of carbonyl (C=O) groups excluding carboxylic acids is 2. The van der Waals surface area contributed by atoms with Crippen LogP contribution in [0.4, 0.5) is 21.5 Å². The second-order valence-corrected chi connectivity index (χ2v) is 10.7. The standard InChI is InChI=1S/C24H30FN5O4S/c1-35(33,34)30-11-2-3-18-4-7-20(17-22(18)30)27-24(32)23(31)26-10-12-28-13-15-29(16-14-28)21-8-5-19(25)6-9-21/h4-9,17H,2-3,10-16H2,1H3,(H,26,31)(H,27,32). The van der Waals surface area contributed by atoms with E-state index in [1.54, 1.807) is 30.3 Å². The molecule has 2 amide bonds. The monoisotopic (exact) mass is 503 g/mol. The third kappa shape index (κ3) is 6.29. The number of nitrogens with zero attached hydrogens (tertiary/aromatic N) is 3. The van der Waals surface area contributed by atoms with Crippen molar-refractivity contribution in [2.24, 2.45) is 0 Å². The lowest BCUT2D eigenvalue weighted by atomic mass is 10.0. The van der Waals surface area contributed by atoms with Gasteiger partial charge in [0.2, 0.25) is 10.0 Å². The smallest absolute Gasteiger partial charge is 0.313 e. The summed E-state index contributed by atoms with van der Waals surface area (Å²) in [7, 11) is -3.43. The second kappa shape index (κ2) is 10.6. The van der Waals surface area contributed by atoms with Crippen LogP contribution in [0.15, 0.2) is 42.5 Å². The highest BCUT2D eigenvalue weighted by molar-refractivity contribution is 7.92. The van der Waals surface area contributed by atoms with Crippen LogP contribution >= 0.6 is 0 Å². The molecule has 2 aromatic rings. The van der Waals surface area contributed by atoms with Crippen LogP contribution in [0.5, 0.6) is 0 Å². The van der Waals surface area contributed by atoms with Crippen molar-refractivity contribution in [2.45, 2.75) is 12.8 Å². The number of piperazine rings is 1. The van der Waals surface area contributed by atoms with Crippen molar-refractivity contribution in [1.82, 2.24) is 10.2 Å². The summed E-state index contributed by atoms with van der Waals surface area (Å²) in [6.07, 6.45) is 2.65. The summed E-state index contributed by atoms with van der Waals surface area (Å²) in [6, 6.07) is 11.5. The molecule has 0 aromatic heterocycles. The molecule has 2 aromatic carbocycles. The van der Waals surface area contributed by atoms with Crippen LogP contribution in [-0.2, 0) is 26.0 Å². The van der Waals surface area contributed by atoms with Gasteiger partial charge in [0.15, 0.2) is 0 Å². The zero-order chi connectivity index (χ0) is 25.0. The molecular weight excluding hydrogens is 473 g/mol. The first-order valence-corrected chi connectivity index (χ1v) is 13.5. The number of anilines is 3. The summed E-state index contributed by atoms with van der Waals surface area (Å²) < 4.78 is 38.6. The van der Waals surface area contributed by atoms with Crippen molar-refractivity contribution in [3.05, 3.63) is 53.8 Å². The summed E-state index contributed by atoms with van der Waals surface area (Å²) in [5, 5.41) is 5.20. The number of aryl methyl sites for hydroxylation is 1. The number of hydrogen-bond donors (Lipinski definition) is 2. The van der Waals surface area contributed by atoms with E-state index in [0.29, 0.717) is 31.0 Å². The number of carbonyl (C=O) groups is 2. The van der Waals surface area contributed by atoms with E-state index in [1.165, 1.54) is 16.4 Å². The average molecular weight is 504 g/mol. The number of sulfonamides is 1. The summed E-state index contributed by atoms with van der Waals surface area (Å²) >= 11 is 0. The van der Waals surface area contributed by atoms with Crippen LogP contribution in [0.1, 0.15) is 12.0 Å². The highest BCUT2D eigenvalue weighted by atomic mass is 32.2. The molecule has 2 aliphatic heterocycles. The number of rotatable bonds is 6. The molecule has 0 atom stereocenters. The predicted molar refractivity (Wildman–Crippen MR) is 134 cm³/mol. The van der Waals surface area contributed by atoms with Gasteiger partial charge in [-0.3, -0.25) is 18.8 Å². The van der Waals surface area contributed by atoms with Crippen molar-refractivity contribution in [3.8, 4) is 0 Å². The largest absolute Gasteiger partial charge is 0.369 e. The Morgan fingerprint density at radius 2 is 1.69 bits per heavy atom. The Hall–Kier alpha value is -3.18. The van der Waals surface area contributed by atoms with Gasteiger partial charge in [0.25, 0.3) is 0 Å². The van der Waals surface area contributed by atoms with Crippen molar-refractivity contribution in [1.29, 1.82) is 0 Å². The van der Waals surface area contributed by atoms with E-state index in [2.05, 4.69) is 20.4 Å². The third-order valence-corrected chi connectivity index (χ3v) is 7.48. The number of amides is 2. The van der Waals surface area contributed by atoms with Gasteiger partial charge in [0, 0.05) is 57.2 Å². The van der Waals surface area contributed by atoms with Crippen LogP contribution in [0.25, 0.3) is 0 Å². The number of nitrogens with one attached hydrogen (secondary N) is 2. The molecule has 0 bridgehead atoms. The van der Waals surface area contributed by atoms with Gasteiger partial charge in [-0.2, -0.15) is 0 Å². The molecule has 0 unspecified atom stereocenters. The van der Waals surface area contributed by atoms with Crippen LogP contribution in [0.3, 0.4) is 0 Å². The maximum Gasteiger partial charge on any atom is 0.313 e. The van der Waals surface area contributed by atoms with E-state index in [-0.39, 0.29) is 5.82 Å². The molecule has 2 aliphatic rings. The van der Waals surface area contributed by atoms with Gasteiger partial charge in [0.05, 0.1) is 11.9 Å². The molecule has 0 radical (unpaired) electrons. The lowest BCUT2D eigenvalue weighted by Crippen LogP contribution is -2.49. The number of hydrogen-bond acceptors (Lipinski definition) is 6. The van der Waals surface area contributed by atoms with Gasteiger partial charge in [-0.1, -0.05) is 6.07 Å². The van der Waals surface area contributed by atoms with E-state index in [0.717, 1.165) is 56.5 Å². The minimum Gasteiger partial charge on any atom is -0.369 e. The number of halogens is 1. The average Bonchev–Trinajstić information content (AvgIpc) is 2.84. The highest BCUT2D eigenvalue weighted by Crippen LogP contribution is 2.31. The molecular formula is C24H30FN5O4S. The molecule has 0 aliphatic carbocycles. The Morgan fingerprint density at radius 3 is 2.37 bits per heavy atom. The molecule has 1 saturated heterocycles. The van der Waals surface area contributed by atoms with Gasteiger partial charge in [-0.25, -0.2) is 12.8 Å². The molecule has 4 rings (SSSR count). The fourth-order valence-electron chi connectivity index (χ4n) is 4.44. The molecule has 1 fully saturated rings. The molecule has 9 nitrogen and oxygen atoms in total. The molecule has 0 spiro atoms. The normalized spacial score (nSPS) is 16.5. The minimum atomic E-state index is -3.43. The van der Waals surface area contributed by atoms with Gasteiger partial charge in [0.1, 0.15) is 5.82 Å². The molecule has 2 heterocycles. The first kappa shape index (κ1) is 24.9. The molecule has 188 valence electrons. The van der Waals surface area contributed by atoms with Gasteiger partial charge in [-0.05, 0) is 54.8 Å². The zero-order valence-corrected chi connectivity index (χ0v) is 20.5. The van der Waals surface area contributed by atoms with Gasteiger partial charge in [-0.15, -0.1) is 0 Å². The summed E-state index contributed by atoms with van der Waals surface area (Å²) in [5.41, 5.74) is 2.79. The quantitative estimate of drug-likeness (QED) is 0.578. The van der Waals surface area contributed by atoms with Crippen LogP contribution in [-0.4, -0.2) is 77.2 Å². The second-order valence-electron chi connectivity index (χ2n) is 8.80. The van der Waals surface area contributed by atoms with Crippen molar-refractivity contribution in [3.63, 3.8) is 0 Å². The Kier molecular flexibility index (Phi) is 7.56. The first-order valence-electron chi connectivity index (χ1n) is 11.6. The molecule has 2 N–H and O–H groups in total. The summed E-state index contributed by atoms with van der Waals surface area (Å²) in [6.45, 7) is 4.51. The molecule has 0 saturated carbocycles. The van der Waals surface area contributed by atoms with Crippen molar-refractivity contribution in [2.75, 3.05) is 66.6 Å². The van der Waals surface area contributed by atoms with Gasteiger partial charge >= 0.3 is 11.8 Å². The van der Waals surface area contributed by atoms with E-state index in [1.807, 2.05) is 0 Å². The van der Waals surface area contributed by atoms with E-state index in [9.17, 15) is 22.4 Å². The highest BCUT2D eigenvalue weighted by Gasteiger charge is 2.25. The van der Waals surface area contributed by atoms with Gasteiger partial charge < -0.3 is 15.5 Å². The Labute approximate surface area is 204 Å². The topological polar surface area (TPSA) is 102 Å². The number of benzene rings is 2. The predicted octanol–water partition coefficient (Wildman–Crippen LogP) is 1.41. The summed E-state index contributed by atoms with van der Waals surface area (Å²) in [4.78, 5) is 29.0. The van der Waals surface area contributed by atoms with E-state index < -0.39 is 21.8 Å². The first-order chi connectivity index (χ1) is 16.7.